The maximum atomic E-state index is 10.8. The highest BCUT2D eigenvalue weighted by Crippen LogP contribution is 2.21. The van der Waals surface area contributed by atoms with Crippen molar-refractivity contribution in [3.05, 3.63) is 35.4 Å². The van der Waals surface area contributed by atoms with E-state index in [0.29, 0.717) is 12.0 Å². The minimum absolute atomic E-state index is 0.379. The average Bonchev–Trinajstić information content (AvgIpc) is 2.15. The van der Waals surface area contributed by atoms with Crippen molar-refractivity contribution in [1.29, 1.82) is 0 Å². The maximum absolute atomic E-state index is 10.8. The van der Waals surface area contributed by atoms with Gasteiger partial charge in [-0.15, -0.1) is 0 Å². The highest BCUT2D eigenvalue weighted by molar-refractivity contribution is 5.75. The molecule has 0 aliphatic heterocycles. The van der Waals surface area contributed by atoms with Crippen LogP contribution in [0.5, 0.6) is 0 Å². The number of aliphatic hydroxyl groups is 1. The summed E-state index contributed by atoms with van der Waals surface area (Å²) in [5.41, 5.74) is 6.02. The van der Waals surface area contributed by atoms with Crippen molar-refractivity contribution in [3.63, 3.8) is 0 Å². The summed E-state index contributed by atoms with van der Waals surface area (Å²) in [5, 5.41) is 18.6. The predicted octanol–water partition coefficient (Wildman–Crippen LogP) is 1.08. The standard InChI is InChI=1S/C12H17NO3/c1-12(2,16)7-8-5-3-4-6-9(8)10(13)11(14)15/h3-6,10,16H,7,13H2,1-2H3,(H,14,15). The summed E-state index contributed by atoms with van der Waals surface area (Å²) in [4.78, 5) is 10.8. The monoisotopic (exact) mass is 223 g/mol. The van der Waals surface area contributed by atoms with E-state index in [1.807, 2.05) is 0 Å². The molecule has 1 rings (SSSR count). The molecule has 0 saturated heterocycles. The molecule has 4 N–H and O–H groups in total. The van der Waals surface area contributed by atoms with Gasteiger partial charge in [0.25, 0.3) is 0 Å². The molecule has 88 valence electrons. The molecule has 0 bridgehead atoms. The summed E-state index contributed by atoms with van der Waals surface area (Å²) in [7, 11) is 0. The van der Waals surface area contributed by atoms with Gasteiger partial charge in [-0.1, -0.05) is 24.3 Å². The summed E-state index contributed by atoms with van der Waals surface area (Å²) in [6.07, 6.45) is 0.379. The second-order valence-corrected chi connectivity index (χ2v) is 4.50. The third-order valence-electron chi connectivity index (χ3n) is 2.28. The average molecular weight is 223 g/mol. The minimum atomic E-state index is -1.07. The Labute approximate surface area is 94.7 Å². The van der Waals surface area contributed by atoms with Crippen LogP contribution >= 0.6 is 0 Å². The molecule has 1 aromatic rings. The zero-order valence-electron chi connectivity index (χ0n) is 9.47. The van der Waals surface area contributed by atoms with Gasteiger partial charge >= 0.3 is 5.97 Å². The lowest BCUT2D eigenvalue weighted by Crippen LogP contribution is -2.26. The van der Waals surface area contributed by atoms with Gasteiger partial charge in [0.15, 0.2) is 0 Å². The molecule has 1 atom stereocenters. The highest BCUT2D eigenvalue weighted by Gasteiger charge is 2.21. The van der Waals surface area contributed by atoms with E-state index in [9.17, 15) is 9.90 Å². The first-order valence-electron chi connectivity index (χ1n) is 5.10. The Morgan fingerprint density at radius 2 is 2.00 bits per heavy atom. The highest BCUT2D eigenvalue weighted by atomic mass is 16.4. The Kier molecular flexibility index (Phi) is 3.67. The number of benzene rings is 1. The molecule has 1 unspecified atom stereocenters. The number of rotatable bonds is 4. The number of carbonyl (C=O) groups is 1. The Balaban J connectivity index is 3.05. The van der Waals surface area contributed by atoms with E-state index in [2.05, 4.69) is 0 Å². The smallest absolute Gasteiger partial charge is 0.325 e. The fourth-order valence-electron chi connectivity index (χ4n) is 1.60. The summed E-state index contributed by atoms with van der Waals surface area (Å²) in [6, 6.07) is 5.97. The van der Waals surface area contributed by atoms with Gasteiger partial charge in [0.2, 0.25) is 0 Å². The van der Waals surface area contributed by atoms with Gasteiger partial charge in [-0.25, -0.2) is 0 Å². The van der Waals surface area contributed by atoms with E-state index < -0.39 is 17.6 Å². The third kappa shape index (κ3) is 3.32. The Bertz CT molecular complexity index is 382. The van der Waals surface area contributed by atoms with Crippen molar-refractivity contribution in [3.8, 4) is 0 Å². The molecular formula is C12H17NO3. The van der Waals surface area contributed by atoms with Gasteiger partial charge in [0.05, 0.1) is 5.60 Å². The van der Waals surface area contributed by atoms with Crippen LogP contribution in [-0.4, -0.2) is 21.8 Å². The first-order chi connectivity index (χ1) is 7.31. The number of hydrogen-bond donors (Lipinski definition) is 3. The van der Waals surface area contributed by atoms with Crippen LogP contribution in [-0.2, 0) is 11.2 Å². The van der Waals surface area contributed by atoms with Crippen molar-refractivity contribution in [2.75, 3.05) is 0 Å². The van der Waals surface area contributed by atoms with Crippen LogP contribution in [0.3, 0.4) is 0 Å². The predicted molar refractivity (Wildman–Crippen MR) is 61.0 cm³/mol. The second kappa shape index (κ2) is 4.63. The summed E-state index contributed by atoms with van der Waals surface area (Å²) in [5.74, 6) is -1.07. The van der Waals surface area contributed by atoms with E-state index in [-0.39, 0.29) is 0 Å². The van der Waals surface area contributed by atoms with Crippen LogP contribution in [0.15, 0.2) is 24.3 Å². The SMILES string of the molecule is CC(C)(O)Cc1ccccc1C(N)C(=O)O. The van der Waals surface area contributed by atoms with Crippen LogP contribution < -0.4 is 5.73 Å². The molecule has 4 heteroatoms. The van der Waals surface area contributed by atoms with E-state index in [4.69, 9.17) is 10.8 Å². The van der Waals surface area contributed by atoms with Crippen LogP contribution in [0, 0.1) is 0 Å². The van der Waals surface area contributed by atoms with Gasteiger partial charge in [-0.2, -0.15) is 0 Å². The number of hydrogen-bond acceptors (Lipinski definition) is 3. The third-order valence-corrected chi connectivity index (χ3v) is 2.28. The summed E-state index contributed by atoms with van der Waals surface area (Å²) >= 11 is 0. The number of carboxylic acid groups (broad SMARTS) is 1. The molecule has 0 amide bonds. The second-order valence-electron chi connectivity index (χ2n) is 4.50. The quantitative estimate of drug-likeness (QED) is 0.713. The minimum Gasteiger partial charge on any atom is -0.480 e. The normalized spacial score (nSPS) is 13.5. The first kappa shape index (κ1) is 12.7. The number of nitrogens with two attached hydrogens (primary N) is 1. The molecular weight excluding hydrogens is 206 g/mol. The number of aliphatic carboxylic acids is 1. The largest absolute Gasteiger partial charge is 0.480 e. The topological polar surface area (TPSA) is 83.5 Å². The molecule has 0 aliphatic carbocycles. The first-order valence-corrected chi connectivity index (χ1v) is 5.10. The zero-order valence-corrected chi connectivity index (χ0v) is 9.47. The molecule has 16 heavy (non-hydrogen) atoms. The molecule has 0 aliphatic rings. The molecule has 0 aromatic heterocycles. The Morgan fingerprint density at radius 1 is 1.44 bits per heavy atom. The number of carboxylic acids is 1. The van der Waals surface area contributed by atoms with Crippen molar-refractivity contribution in [2.45, 2.75) is 31.9 Å². The molecule has 0 fully saturated rings. The summed E-state index contributed by atoms with van der Waals surface area (Å²) < 4.78 is 0. The molecule has 0 heterocycles. The maximum Gasteiger partial charge on any atom is 0.325 e. The van der Waals surface area contributed by atoms with Crippen molar-refractivity contribution >= 4 is 5.97 Å². The summed E-state index contributed by atoms with van der Waals surface area (Å²) in [6.45, 7) is 3.35. The van der Waals surface area contributed by atoms with Crippen LogP contribution in [0.25, 0.3) is 0 Å². The molecule has 4 nitrogen and oxygen atoms in total. The van der Waals surface area contributed by atoms with E-state index >= 15 is 0 Å². The van der Waals surface area contributed by atoms with Crippen LogP contribution in [0.4, 0.5) is 0 Å². The lowest BCUT2D eigenvalue weighted by atomic mass is 9.92. The van der Waals surface area contributed by atoms with Crippen molar-refractivity contribution in [2.24, 2.45) is 5.73 Å². The lowest BCUT2D eigenvalue weighted by Gasteiger charge is -2.20. The van der Waals surface area contributed by atoms with Gasteiger partial charge in [-0.3, -0.25) is 4.79 Å². The van der Waals surface area contributed by atoms with E-state index in [1.54, 1.807) is 38.1 Å². The lowest BCUT2D eigenvalue weighted by molar-refractivity contribution is -0.138. The molecule has 0 spiro atoms. The molecule has 1 aromatic carbocycles. The van der Waals surface area contributed by atoms with Gasteiger partial charge in [-0.05, 0) is 25.0 Å². The van der Waals surface area contributed by atoms with Crippen LogP contribution in [0.2, 0.25) is 0 Å². The van der Waals surface area contributed by atoms with E-state index in [1.165, 1.54) is 0 Å². The molecule has 0 radical (unpaired) electrons. The van der Waals surface area contributed by atoms with Crippen LogP contribution in [0.1, 0.15) is 31.0 Å². The fraction of sp³-hybridized carbons (Fsp3) is 0.417. The zero-order chi connectivity index (χ0) is 12.3. The van der Waals surface area contributed by atoms with Gasteiger partial charge in [0.1, 0.15) is 6.04 Å². The van der Waals surface area contributed by atoms with Gasteiger partial charge in [0, 0.05) is 6.42 Å². The Morgan fingerprint density at radius 3 is 2.50 bits per heavy atom. The van der Waals surface area contributed by atoms with Crippen molar-refractivity contribution in [1.82, 2.24) is 0 Å². The van der Waals surface area contributed by atoms with E-state index in [0.717, 1.165) is 5.56 Å². The fourth-order valence-corrected chi connectivity index (χ4v) is 1.60. The van der Waals surface area contributed by atoms with Gasteiger partial charge < -0.3 is 15.9 Å². The molecule has 0 saturated carbocycles. The van der Waals surface area contributed by atoms with Crippen molar-refractivity contribution < 1.29 is 15.0 Å². The Hall–Kier alpha value is -1.39.